The molecule has 1 saturated heterocycles. The Hall–Kier alpha value is -2.27. The van der Waals surface area contributed by atoms with Crippen LogP contribution in [0.15, 0.2) is 5.38 Å². The van der Waals surface area contributed by atoms with Gasteiger partial charge in [-0.15, -0.1) is 11.3 Å². The minimum absolute atomic E-state index is 0.0307. The number of anilines is 1. The van der Waals surface area contributed by atoms with Gasteiger partial charge in [0.1, 0.15) is 5.82 Å². The number of carbonyl (C=O) groups is 2. The molecule has 2 fully saturated rings. The van der Waals surface area contributed by atoms with Crippen molar-refractivity contribution in [2.75, 3.05) is 25.0 Å². The Morgan fingerprint density at radius 3 is 2.39 bits per heavy atom. The van der Waals surface area contributed by atoms with Gasteiger partial charge in [-0.3, -0.25) is 4.79 Å². The summed E-state index contributed by atoms with van der Waals surface area (Å²) >= 11 is 7.00. The van der Waals surface area contributed by atoms with Gasteiger partial charge in [-0.25, -0.2) is 9.78 Å². The van der Waals surface area contributed by atoms with Crippen molar-refractivity contribution in [1.29, 1.82) is 0 Å². The Bertz CT molecular complexity index is 1030. The highest BCUT2D eigenvalue weighted by Crippen LogP contribution is 2.46. The summed E-state index contributed by atoms with van der Waals surface area (Å²) in [6.45, 7) is 0.631. The van der Waals surface area contributed by atoms with Crippen molar-refractivity contribution >= 4 is 51.0 Å². The second-order valence-corrected chi connectivity index (χ2v) is 8.93. The number of hydrogen-bond acceptors (Lipinski definition) is 5. The van der Waals surface area contributed by atoms with Gasteiger partial charge >= 0.3 is 12.3 Å². The summed E-state index contributed by atoms with van der Waals surface area (Å²) in [5.41, 5.74) is -0.975. The van der Waals surface area contributed by atoms with Gasteiger partial charge in [-0.1, -0.05) is 11.6 Å². The molecular formula is C19H20ClF3N4O3S. The first-order chi connectivity index (χ1) is 14.6. The summed E-state index contributed by atoms with van der Waals surface area (Å²) in [7, 11) is 1.40. The lowest BCUT2D eigenvalue weighted by Crippen LogP contribution is -2.48. The summed E-state index contributed by atoms with van der Waals surface area (Å²) < 4.78 is 41.4. The van der Waals surface area contributed by atoms with E-state index in [1.165, 1.54) is 17.3 Å². The van der Waals surface area contributed by atoms with Crippen molar-refractivity contribution in [3.05, 3.63) is 21.5 Å². The molecule has 0 spiro atoms. The van der Waals surface area contributed by atoms with Crippen LogP contribution in [0.3, 0.4) is 0 Å². The molecule has 168 valence electrons. The molecule has 1 aliphatic carbocycles. The van der Waals surface area contributed by atoms with Crippen LogP contribution in [-0.4, -0.2) is 59.2 Å². The van der Waals surface area contributed by atoms with Crippen LogP contribution in [-0.2, 0) is 6.18 Å². The van der Waals surface area contributed by atoms with E-state index in [1.807, 2.05) is 0 Å². The Balaban J connectivity index is 1.70. The summed E-state index contributed by atoms with van der Waals surface area (Å²) in [5, 5.41) is 12.8. The Morgan fingerprint density at radius 2 is 1.87 bits per heavy atom. The SMILES string of the molecule is CNC(=O)c1csc2c(C(F)(F)F)c(Cl)c(N3CCC(N(C(=O)O)C4CC4)CC3)nc12. The topological polar surface area (TPSA) is 85.8 Å². The number of thiophene rings is 1. The number of halogens is 4. The van der Waals surface area contributed by atoms with E-state index in [0.29, 0.717) is 25.9 Å². The van der Waals surface area contributed by atoms with Crippen molar-refractivity contribution in [3.8, 4) is 0 Å². The van der Waals surface area contributed by atoms with Crippen LogP contribution in [0.25, 0.3) is 10.2 Å². The minimum Gasteiger partial charge on any atom is -0.465 e. The summed E-state index contributed by atoms with van der Waals surface area (Å²) in [6.07, 6.45) is -3.08. The molecule has 0 radical (unpaired) electrons. The van der Waals surface area contributed by atoms with Crippen molar-refractivity contribution < 1.29 is 27.9 Å². The van der Waals surface area contributed by atoms with Gasteiger partial charge < -0.3 is 20.2 Å². The van der Waals surface area contributed by atoms with Crippen molar-refractivity contribution in [1.82, 2.24) is 15.2 Å². The first-order valence-corrected chi connectivity index (χ1v) is 11.1. The minimum atomic E-state index is -4.72. The molecule has 2 aromatic heterocycles. The molecule has 7 nitrogen and oxygen atoms in total. The molecule has 1 saturated carbocycles. The highest BCUT2D eigenvalue weighted by Gasteiger charge is 2.41. The van der Waals surface area contributed by atoms with Crippen LogP contribution in [0.2, 0.25) is 5.02 Å². The predicted octanol–water partition coefficient (Wildman–Crippen LogP) is 4.44. The number of rotatable bonds is 4. The van der Waals surface area contributed by atoms with Crippen LogP contribution in [0.4, 0.5) is 23.8 Å². The molecule has 0 unspecified atom stereocenters. The second kappa shape index (κ2) is 8.01. The number of carboxylic acid groups (broad SMARTS) is 1. The second-order valence-electron chi connectivity index (χ2n) is 7.67. The molecular weight excluding hydrogens is 457 g/mol. The number of nitrogens with zero attached hydrogens (tertiary/aromatic N) is 3. The van der Waals surface area contributed by atoms with E-state index in [1.54, 1.807) is 4.90 Å². The molecule has 2 aromatic rings. The molecule has 3 heterocycles. The number of alkyl halides is 3. The zero-order valence-corrected chi connectivity index (χ0v) is 18.1. The smallest absolute Gasteiger partial charge is 0.419 e. The highest BCUT2D eigenvalue weighted by molar-refractivity contribution is 7.17. The lowest BCUT2D eigenvalue weighted by molar-refractivity contribution is -0.136. The number of amides is 2. The van der Waals surface area contributed by atoms with Gasteiger partial charge in [-0.2, -0.15) is 13.2 Å². The van der Waals surface area contributed by atoms with Crippen molar-refractivity contribution in [2.24, 2.45) is 0 Å². The summed E-state index contributed by atoms with van der Waals surface area (Å²) in [6, 6.07) is -0.154. The van der Waals surface area contributed by atoms with E-state index >= 15 is 0 Å². The quantitative estimate of drug-likeness (QED) is 0.681. The Labute approximate surface area is 184 Å². The molecule has 2 aliphatic rings. The predicted molar refractivity (Wildman–Crippen MR) is 111 cm³/mol. The van der Waals surface area contributed by atoms with E-state index < -0.39 is 28.8 Å². The highest BCUT2D eigenvalue weighted by atomic mass is 35.5. The Kier molecular flexibility index (Phi) is 5.67. The summed E-state index contributed by atoms with van der Waals surface area (Å²) in [4.78, 5) is 31.2. The molecule has 12 heteroatoms. The average molecular weight is 477 g/mol. The third-order valence-corrected chi connectivity index (χ3v) is 7.04. The van der Waals surface area contributed by atoms with Crippen molar-refractivity contribution in [3.63, 3.8) is 0 Å². The van der Waals surface area contributed by atoms with E-state index in [2.05, 4.69) is 10.3 Å². The van der Waals surface area contributed by atoms with E-state index in [-0.39, 0.29) is 33.7 Å². The van der Waals surface area contributed by atoms with Crippen molar-refractivity contribution in [2.45, 2.75) is 43.9 Å². The zero-order chi connectivity index (χ0) is 22.5. The van der Waals surface area contributed by atoms with Crippen LogP contribution in [0, 0.1) is 0 Å². The van der Waals surface area contributed by atoms with Crippen LogP contribution < -0.4 is 10.2 Å². The lowest BCUT2D eigenvalue weighted by atomic mass is 10.0. The van der Waals surface area contributed by atoms with Gasteiger partial charge in [-0.05, 0) is 25.7 Å². The number of aromatic nitrogens is 1. The van der Waals surface area contributed by atoms with E-state index in [0.717, 1.165) is 24.2 Å². The number of fused-ring (bicyclic) bond motifs is 1. The number of pyridine rings is 1. The Morgan fingerprint density at radius 1 is 1.26 bits per heavy atom. The normalized spacial score (nSPS) is 17.8. The average Bonchev–Trinajstić information content (AvgIpc) is 3.44. The fourth-order valence-electron chi connectivity index (χ4n) is 4.08. The number of nitrogens with one attached hydrogen (secondary N) is 1. The first kappa shape index (κ1) is 21.9. The third kappa shape index (κ3) is 4.00. The molecule has 1 aliphatic heterocycles. The van der Waals surface area contributed by atoms with Gasteiger partial charge in [0.15, 0.2) is 0 Å². The molecule has 2 amide bonds. The first-order valence-electron chi connectivity index (χ1n) is 9.79. The molecule has 4 rings (SSSR count). The third-order valence-electron chi connectivity index (χ3n) is 5.70. The van der Waals surface area contributed by atoms with Gasteiger partial charge in [0.25, 0.3) is 5.91 Å². The van der Waals surface area contributed by atoms with Crippen LogP contribution in [0.1, 0.15) is 41.6 Å². The lowest BCUT2D eigenvalue weighted by Gasteiger charge is -2.38. The molecule has 31 heavy (non-hydrogen) atoms. The maximum Gasteiger partial charge on any atom is 0.419 e. The van der Waals surface area contributed by atoms with Gasteiger partial charge in [0.05, 0.1) is 26.4 Å². The standard InChI is InChI=1S/C19H20ClF3N4O3S/c1-24-17(28)11-8-31-15-12(19(21,22)23)13(20)16(25-14(11)15)26-6-4-10(5-7-26)27(18(29)30)9-2-3-9/h8-10H,2-7H2,1H3,(H,24,28)(H,29,30). The van der Waals surface area contributed by atoms with Crippen LogP contribution >= 0.6 is 22.9 Å². The number of hydrogen-bond donors (Lipinski definition) is 2. The maximum absolute atomic E-state index is 13.9. The molecule has 2 N–H and O–H groups in total. The van der Waals surface area contributed by atoms with E-state index in [4.69, 9.17) is 11.6 Å². The number of piperidine rings is 1. The van der Waals surface area contributed by atoms with Gasteiger partial charge in [0.2, 0.25) is 0 Å². The molecule has 0 bridgehead atoms. The summed E-state index contributed by atoms with van der Waals surface area (Å²) in [5.74, 6) is -0.558. The molecule has 0 aromatic carbocycles. The van der Waals surface area contributed by atoms with E-state index in [9.17, 15) is 27.9 Å². The fraction of sp³-hybridized carbons (Fsp3) is 0.526. The largest absolute Gasteiger partial charge is 0.465 e. The monoisotopic (exact) mass is 476 g/mol. The molecule has 0 atom stereocenters. The maximum atomic E-state index is 13.9. The zero-order valence-electron chi connectivity index (χ0n) is 16.5. The fourth-order valence-corrected chi connectivity index (χ4v) is 5.56. The van der Waals surface area contributed by atoms with Crippen LogP contribution in [0.5, 0.6) is 0 Å². The number of carbonyl (C=O) groups excluding carboxylic acids is 1. The van der Waals surface area contributed by atoms with Gasteiger partial charge in [0, 0.05) is 37.6 Å².